The summed E-state index contributed by atoms with van der Waals surface area (Å²) in [6.45, 7) is 8.40. The zero-order valence-corrected chi connectivity index (χ0v) is 18.3. The fourth-order valence-corrected chi connectivity index (χ4v) is 3.42. The van der Waals surface area contributed by atoms with E-state index in [4.69, 9.17) is 4.74 Å². The molecule has 0 aromatic heterocycles. The van der Waals surface area contributed by atoms with Crippen LogP contribution in [-0.4, -0.2) is 5.91 Å². The normalized spacial score (nSPS) is 11.0. The summed E-state index contributed by atoms with van der Waals surface area (Å²) < 4.78 is 5.87. The molecule has 4 nitrogen and oxygen atoms in total. The van der Waals surface area contributed by atoms with E-state index in [-0.39, 0.29) is 5.57 Å². The molecule has 3 aromatic carbocycles. The minimum Gasteiger partial charge on any atom is -0.489 e. The lowest BCUT2D eigenvalue weighted by atomic mass is 10.0. The van der Waals surface area contributed by atoms with Gasteiger partial charge in [-0.3, -0.25) is 4.79 Å². The van der Waals surface area contributed by atoms with Crippen molar-refractivity contribution in [2.24, 2.45) is 0 Å². The van der Waals surface area contributed by atoms with Crippen molar-refractivity contribution >= 4 is 17.7 Å². The Hall–Kier alpha value is -3.84. The maximum absolute atomic E-state index is 12.7. The summed E-state index contributed by atoms with van der Waals surface area (Å²) in [4.78, 5) is 12.7. The van der Waals surface area contributed by atoms with Crippen LogP contribution in [0.2, 0.25) is 0 Å². The number of aryl methyl sites for hydroxylation is 4. The van der Waals surface area contributed by atoms with Crippen LogP contribution in [0.5, 0.6) is 5.75 Å². The Morgan fingerprint density at radius 3 is 2.29 bits per heavy atom. The summed E-state index contributed by atoms with van der Waals surface area (Å²) in [6.07, 6.45) is 1.58. The second kappa shape index (κ2) is 9.77. The van der Waals surface area contributed by atoms with E-state index in [1.807, 2.05) is 94.4 Å². The van der Waals surface area contributed by atoms with E-state index in [0.29, 0.717) is 12.4 Å². The van der Waals surface area contributed by atoms with Gasteiger partial charge in [-0.05, 0) is 68.2 Å². The van der Waals surface area contributed by atoms with Crippen LogP contribution in [0.4, 0.5) is 5.69 Å². The molecule has 0 aliphatic rings. The molecule has 0 saturated carbocycles. The largest absolute Gasteiger partial charge is 0.489 e. The minimum absolute atomic E-state index is 0.0371. The first-order chi connectivity index (χ1) is 14.9. The van der Waals surface area contributed by atoms with Crippen LogP contribution >= 0.6 is 0 Å². The van der Waals surface area contributed by atoms with Gasteiger partial charge in [-0.15, -0.1) is 0 Å². The molecule has 3 aromatic rings. The van der Waals surface area contributed by atoms with Crippen molar-refractivity contribution in [1.82, 2.24) is 0 Å². The van der Waals surface area contributed by atoms with Crippen molar-refractivity contribution in [2.75, 3.05) is 5.32 Å². The van der Waals surface area contributed by atoms with E-state index in [1.165, 1.54) is 5.56 Å². The summed E-state index contributed by atoms with van der Waals surface area (Å²) in [5.74, 6) is 0.251. The number of nitrogens with zero attached hydrogens (tertiary/aromatic N) is 1. The minimum atomic E-state index is -0.427. The summed E-state index contributed by atoms with van der Waals surface area (Å²) in [5, 5.41) is 12.4. The Morgan fingerprint density at radius 2 is 1.65 bits per heavy atom. The number of ether oxygens (including phenoxy) is 1. The highest BCUT2D eigenvalue weighted by Crippen LogP contribution is 2.23. The molecule has 4 heteroatoms. The maximum Gasteiger partial charge on any atom is 0.266 e. The molecule has 0 unspecified atom stereocenters. The van der Waals surface area contributed by atoms with Gasteiger partial charge in [0.15, 0.2) is 0 Å². The highest BCUT2D eigenvalue weighted by atomic mass is 16.5. The van der Waals surface area contributed by atoms with Crippen molar-refractivity contribution in [2.45, 2.75) is 34.3 Å². The molecule has 0 bridgehead atoms. The molecule has 0 atom stereocenters. The van der Waals surface area contributed by atoms with Crippen LogP contribution in [0.3, 0.4) is 0 Å². The van der Waals surface area contributed by atoms with E-state index in [0.717, 1.165) is 33.5 Å². The van der Waals surface area contributed by atoms with Crippen molar-refractivity contribution in [3.05, 3.63) is 99.6 Å². The van der Waals surface area contributed by atoms with Gasteiger partial charge in [0.1, 0.15) is 24.0 Å². The quantitative estimate of drug-likeness (QED) is 0.398. The number of benzene rings is 3. The predicted molar refractivity (Wildman–Crippen MR) is 125 cm³/mol. The molecule has 1 amide bonds. The standard InChI is InChI=1S/C27H26N2O2/c1-18-8-10-22(11-9-18)17-31-25-7-5-6-23(15-25)14-24(16-28)27(30)29-26-20(3)12-19(2)13-21(26)4/h5-15H,17H2,1-4H3,(H,29,30)/b24-14-. The number of nitriles is 1. The summed E-state index contributed by atoms with van der Waals surface area (Å²) in [5.41, 5.74) is 6.85. The van der Waals surface area contributed by atoms with Gasteiger partial charge < -0.3 is 10.1 Å². The Balaban J connectivity index is 1.74. The highest BCUT2D eigenvalue weighted by Gasteiger charge is 2.13. The molecule has 0 radical (unpaired) electrons. The highest BCUT2D eigenvalue weighted by molar-refractivity contribution is 6.10. The van der Waals surface area contributed by atoms with E-state index in [9.17, 15) is 10.1 Å². The van der Waals surface area contributed by atoms with E-state index < -0.39 is 5.91 Å². The van der Waals surface area contributed by atoms with Gasteiger partial charge in [0.05, 0.1) is 0 Å². The fraction of sp³-hybridized carbons (Fsp3) is 0.185. The van der Waals surface area contributed by atoms with E-state index >= 15 is 0 Å². The van der Waals surface area contributed by atoms with E-state index in [2.05, 4.69) is 5.32 Å². The number of hydrogen-bond acceptors (Lipinski definition) is 3. The molecule has 0 aliphatic heterocycles. The molecule has 0 saturated heterocycles. The molecule has 0 spiro atoms. The number of rotatable bonds is 6. The second-order valence-corrected chi connectivity index (χ2v) is 7.74. The Labute approximate surface area is 183 Å². The average Bonchev–Trinajstić information content (AvgIpc) is 2.74. The monoisotopic (exact) mass is 410 g/mol. The predicted octanol–water partition coefficient (Wildman–Crippen LogP) is 6.04. The van der Waals surface area contributed by atoms with Crippen LogP contribution in [0.15, 0.2) is 66.2 Å². The summed E-state index contributed by atoms with van der Waals surface area (Å²) in [6, 6.07) is 21.6. The number of anilines is 1. The molecule has 31 heavy (non-hydrogen) atoms. The first-order valence-electron chi connectivity index (χ1n) is 10.1. The van der Waals surface area contributed by atoms with Crippen molar-refractivity contribution < 1.29 is 9.53 Å². The molecule has 0 aliphatic carbocycles. The number of carbonyl (C=O) groups excluding carboxylic acids is 1. The lowest BCUT2D eigenvalue weighted by molar-refractivity contribution is -0.112. The molecular weight excluding hydrogens is 384 g/mol. The molecule has 156 valence electrons. The number of nitrogens with one attached hydrogen (secondary N) is 1. The summed E-state index contributed by atoms with van der Waals surface area (Å²) >= 11 is 0. The van der Waals surface area contributed by atoms with Gasteiger partial charge in [-0.25, -0.2) is 0 Å². The number of hydrogen-bond donors (Lipinski definition) is 1. The smallest absolute Gasteiger partial charge is 0.266 e. The first kappa shape index (κ1) is 21.9. The lowest BCUT2D eigenvalue weighted by Crippen LogP contribution is -2.15. The van der Waals surface area contributed by atoms with Gasteiger partial charge in [0, 0.05) is 5.69 Å². The summed E-state index contributed by atoms with van der Waals surface area (Å²) in [7, 11) is 0. The molecule has 0 fully saturated rings. The van der Waals surface area contributed by atoms with Crippen LogP contribution in [0.1, 0.15) is 33.4 Å². The average molecular weight is 411 g/mol. The molecule has 3 rings (SSSR count). The van der Waals surface area contributed by atoms with Gasteiger partial charge in [-0.1, -0.05) is 59.7 Å². The first-order valence-corrected chi connectivity index (χ1v) is 10.1. The van der Waals surface area contributed by atoms with Crippen molar-refractivity contribution in [3.63, 3.8) is 0 Å². The Morgan fingerprint density at radius 1 is 0.968 bits per heavy atom. The van der Waals surface area contributed by atoms with Gasteiger partial charge in [-0.2, -0.15) is 5.26 Å². The molecule has 0 heterocycles. The lowest BCUT2D eigenvalue weighted by Gasteiger charge is -2.12. The third-order valence-electron chi connectivity index (χ3n) is 4.98. The van der Waals surface area contributed by atoms with Crippen LogP contribution in [0, 0.1) is 39.0 Å². The topological polar surface area (TPSA) is 62.1 Å². The van der Waals surface area contributed by atoms with Gasteiger partial charge in [0.25, 0.3) is 5.91 Å². The Kier molecular flexibility index (Phi) is 6.89. The molecule has 1 N–H and O–H groups in total. The van der Waals surface area contributed by atoms with E-state index in [1.54, 1.807) is 6.08 Å². The third kappa shape index (κ3) is 5.83. The van der Waals surface area contributed by atoms with Crippen molar-refractivity contribution in [1.29, 1.82) is 5.26 Å². The fourth-order valence-electron chi connectivity index (χ4n) is 3.42. The van der Waals surface area contributed by atoms with Gasteiger partial charge in [0.2, 0.25) is 0 Å². The molecular formula is C27H26N2O2. The van der Waals surface area contributed by atoms with Crippen molar-refractivity contribution in [3.8, 4) is 11.8 Å². The van der Waals surface area contributed by atoms with Crippen LogP contribution in [0.25, 0.3) is 6.08 Å². The zero-order valence-electron chi connectivity index (χ0n) is 18.3. The third-order valence-corrected chi connectivity index (χ3v) is 4.98. The SMILES string of the molecule is Cc1ccc(COc2cccc(/C=C(/C#N)C(=O)Nc3c(C)cc(C)cc3C)c2)cc1. The maximum atomic E-state index is 12.7. The Bertz CT molecular complexity index is 1150. The van der Waals surface area contributed by atoms with Crippen LogP contribution in [-0.2, 0) is 11.4 Å². The second-order valence-electron chi connectivity index (χ2n) is 7.74. The number of amides is 1. The van der Waals surface area contributed by atoms with Gasteiger partial charge >= 0.3 is 0 Å². The number of carbonyl (C=O) groups is 1. The zero-order chi connectivity index (χ0) is 22.4. The van der Waals surface area contributed by atoms with Crippen LogP contribution < -0.4 is 10.1 Å².